The van der Waals surface area contributed by atoms with Gasteiger partial charge in [0.15, 0.2) is 11.6 Å². The molecular weight excluding hydrogens is 649 g/mol. The molecule has 1 aromatic carbocycles. The summed E-state index contributed by atoms with van der Waals surface area (Å²) in [6.07, 6.45) is 5.27. The van der Waals surface area contributed by atoms with Crippen LogP contribution in [0.25, 0.3) is 32.2 Å². The van der Waals surface area contributed by atoms with Gasteiger partial charge in [-0.1, -0.05) is 0 Å². The Morgan fingerprint density at radius 3 is 2.57 bits per heavy atom. The zero-order chi connectivity index (χ0) is 33.2. The average Bonchev–Trinajstić information content (AvgIpc) is 3.36. The van der Waals surface area contributed by atoms with Gasteiger partial charge in [0.1, 0.15) is 22.4 Å². The van der Waals surface area contributed by atoms with Gasteiger partial charge in [-0.05, 0) is 43.9 Å². The van der Waals surface area contributed by atoms with Crippen LogP contribution in [-0.4, -0.2) is 96.3 Å². The van der Waals surface area contributed by atoms with Crippen molar-refractivity contribution in [3.8, 4) is 23.3 Å². The normalized spacial score (nSPS) is 25.1. The molecule has 4 saturated heterocycles. The number of aromatic nitrogens is 3. The minimum atomic E-state index is -0.609. The summed E-state index contributed by atoms with van der Waals surface area (Å²) >= 11 is 0.964. The molecule has 2 unspecified atom stereocenters. The van der Waals surface area contributed by atoms with E-state index < -0.39 is 11.6 Å². The number of pyridine rings is 1. The fourth-order valence-electron chi connectivity index (χ4n) is 9.53. The summed E-state index contributed by atoms with van der Waals surface area (Å²) in [4.78, 5) is 21.5. The third-order valence-electron chi connectivity index (χ3n) is 11.8. The SMILES string of the molecule is CN1CC2(C1)CN(CC1(COc3nc(N4C5CCC4CNC5)c4c5c(c(-c6ncc(F)c7sc(N)c(C#N)c67)c(F)c4n3)COC5)CC1)C2. The highest BCUT2D eigenvalue weighted by atomic mass is 32.1. The minimum Gasteiger partial charge on any atom is -0.463 e. The molecule has 11 nitrogen and oxygen atoms in total. The fourth-order valence-corrected chi connectivity index (χ4v) is 10.5. The average molecular weight is 686 g/mol. The molecule has 2 atom stereocenters. The van der Waals surface area contributed by atoms with E-state index in [4.69, 9.17) is 25.2 Å². The molecule has 1 spiro atoms. The van der Waals surface area contributed by atoms with Crippen LogP contribution in [0.5, 0.6) is 6.01 Å². The largest absolute Gasteiger partial charge is 0.463 e. The van der Waals surface area contributed by atoms with Crippen molar-refractivity contribution >= 4 is 43.1 Å². The number of fused-ring (bicyclic) bond motifs is 6. The molecule has 1 aliphatic carbocycles. The summed E-state index contributed by atoms with van der Waals surface area (Å²) in [5.41, 5.74) is 8.61. The van der Waals surface area contributed by atoms with Crippen LogP contribution in [0.4, 0.5) is 19.6 Å². The molecule has 6 aliphatic rings. The van der Waals surface area contributed by atoms with Gasteiger partial charge in [0, 0.05) is 79.7 Å². The Labute approximate surface area is 286 Å². The summed E-state index contributed by atoms with van der Waals surface area (Å²) in [6, 6.07) is 2.68. The van der Waals surface area contributed by atoms with E-state index in [2.05, 4.69) is 38.1 Å². The molecule has 49 heavy (non-hydrogen) atoms. The van der Waals surface area contributed by atoms with Crippen LogP contribution in [-0.2, 0) is 18.0 Å². The lowest BCUT2D eigenvalue weighted by Crippen LogP contribution is -2.71. The van der Waals surface area contributed by atoms with E-state index in [1.807, 2.05) is 0 Å². The lowest BCUT2D eigenvalue weighted by molar-refractivity contribution is -0.111. The number of rotatable bonds is 7. The maximum absolute atomic E-state index is 17.4. The van der Waals surface area contributed by atoms with Crippen molar-refractivity contribution in [2.24, 2.45) is 10.8 Å². The molecule has 254 valence electrons. The van der Waals surface area contributed by atoms with E-state index in [0.29, 0.717) is 28.8 Å². The highest BCUT2D eigenvalue weighted by Crippen LogP contribution is 2.51. The quantitative estimate of drug-likeness (QED) is 0.293. The maximum Gasteiger partial charge on any atom is 0.319 e. The highest BCUT2D eigenvalue weighted by molar-refractivity contribution is 7.23. The van der Waals surface area contributed by atoms with E-state index in [9.17, 15) is 5.26 Å². The first-order valence-corrected chi connectivity index (χ1v) is 18.0. The summed E-state index contributed by atoms with van der Waals surface area (Å²) in [5, 5.41) is 14.5. The van der Waals surface area contributed by atoms with E-state index in [1.165, 1.54) is 13.1 Å². The molecule has 5 aliphatic heterocycles. The first kappa shape index (κ1) is 30.1. The Bertz CT molecular complexity index is 2080. The molecule has 0 amide bonds. The number of nitrogens with zero attached hydrogens (tertiary/aromatic N) is 7. The van der Waals surface area contributed by atoms with Crippen molar-refractivity contribution in [2.75, 3.05) is 70.1 Å². The number of likely N-dealkylation sites (tertiary alicyclic amines) is 2. The van der Waals surface area contributed by atoms with Gasteiger partial charge in [0.25, 0.3) is 0 Å². The minimum absolute atomic E-state index is 0.0511. The second kappa shape index (κ2) is 10.6. The fraction of sp³-hybridized carbons (Fsp3) is 0.543. The van der Waals surface area contributed by atoms with Crippen molar-refractivity contribution in [2.45, 2.75) is 51.0 Å². The number of nitriles is 1. The predicted molar refractivity (Wildman–Crippen MR) is 181 cm³/mol. The van der Waals surface area contributed by atoms with E-state index in [0.717, 1.165) is 81.5 Å². The zero-order valence-electron chi connectivity index (χ0n) is 27.3. The summed E-state index contributed by atoms with van der Waals surface area (Å²) in [7, 11) is 2.18. The second-order valence-corrected chi connectivity index (χ2v) is 16.4. The number of thiophene rings is 1. The standard InChI is InChI=1S/C35H37F2N9O2S/c1-44-12-35(13-44)15-45(16-35)14-34(4-5-34)17-48-33-42-29-26(32(43-33)46-18-2-3-19(46)8-40-7-18)22-11-47-10-21(22)24(27(29)37)28-25-20(6-38)31(39)49-30(25)23(36)9-41-28/h9,18-19,40H,2-5,7-8,10-17,39H2,1H3. The molecule has 5 fully saturated rings. The lowest BCUT2D eigenvalue weighted by atomic mass is 9.73. The topological polar surface area (TPSA) is 129 Å². The summed E-state index contributed by atoms with van der Waals surface area (Å²) in [5.74, 6) is -0.538. The first-order valence-electron chi connectivity index (χ1n) is 17.2. The number of nitrogens with two attached hydrogens (primary N) is 1. The smallest absolute Gasteiger partial charge is 0.319 e. The Morgan fingerprint density at radius 1 is 1.10 bits per heavy atom. The molecule has 10 rings (SSSR count). The molecule has 4 aromatic rings. The first-order chi connectivity index (χ1) is 23.8. The molecule has 3 aromatic heterocycles. The number of anilines is 2. The second-order valence-electron chi connectivity index (χ2n) is 15.4. The molecule has 8 heterocycles. The Morgan fingerprint density at radius 2 is 1.86 bits per heavy atom. The van der Waals surface area contributed by atoms with E-state index in [1.54, 1.807) is 0 Å². The number of halogens is 2. The molecular formula is C35H37F2N9O2S. The lowest BCUT2D eigenvalue weighted by Gasteiger charge is -2.60. The van der Waals surface area contributed by atoms with Gasteiger partial charge < -0.3 is 35.2 Å². The van der Waals surface area contributed by atoms with Crippen molar-refractivity contribution in [1.82, 2.24) is 30.1 Å². The van der Waals surface area contributed by atoms with Crippen LogP contribution in [0.1, 0.15) is 42.4 Å². The Hall–Kier alpha value is -3.74. The number of benzene rings is 1. The van der Waals surface area contributed by atoms with Crippen LogP contribution >= 0.6 is 11.3 Å². The van der Waals surface area contributed by atoms with Crippen molar-refractivity contribution < 1.29 is 18.3 Å². The van der Waals surface area contributed by atoms with Crippen molar-refractivity contribution in [3.05, 3.63) is 34.5 Å². The van der Waals surface area contributed by atoms with E-state index >= 15 is 8.78 Å². The zero-order valence-corrected chi connectivity index (χ0v) is 28.1. The number of hydrogen-bond donors (Lipinski definition) is 2. The predicted octanol–water partition coefficient (Wildman–Crippen LogP) is 4.02. The number of nitrogen functional groups attached to an aromatic ring is 1. The van der Waals surface area contributed by atoms with Gasteiger partial charge in [0.05, 0.1) is 47.4 Å². The third-order valence-corrected chi connectivity index (χ3v) is 12.8. The van der Waals surface area contributed by atoms with Gasteiger partial charge >= 0.3 is 6.01 Å². The Kier molecular flexibility index (Phi) is 6.53. The monoisotopic (exact) mass is 685 g/mol. The van der Waals surface area contributed by atoms with Crippen LogP contribution in [0.3, 0.4) is 0 Å². The Balaban J connectivity index is 1.09. The van der Waals surface area contributed by atoms with Crippen LogP contribution in [0.15, 0.2) is 6.20 Å². The number of piperazine rings is 1. The maximum atomic E-state index is 17.4. The van der Waals surface area contributed by atoms with E-state index in [-0.39, 0.29) is 74.1 Å². The number of hydrogen-bond acceptors (Lipinski definition) is 12. The van der Waals surface area contributed by atoms with Gasteiger partial charge in [-0.25, -0.2) is 8.78 Å². The van der Waals surface area contributed by atoms with Gasteiger partial charge in [0.2, 0.25) is 0 Å². The van der Waals surface area contributed by atoms with Crippen molar-refractivity contribution in [1.29, 1.82) is 5.26 Å². The third kappa shape index (κ3) is 4.52. The number of ether oxygens (including phenoxy) is 2. The van der Waals surface area contributed by atoms with Crippen molar-refractivity contribution in [3.63, 3.8) is 0 Å². The molecule has 0 radical (unpaired) electrons. The molecule has 2 bridgehead atoms. The summed E-state index contributed by atoms with van der Waals surface area (Å²) in [6.45, 7) is 8.11. The molecule has 1 saturated carbocycles. The van der Waals surface area contributed by atoms with Crippen LogP contribution in [0.2, 0.25) is 0 Å². The van der Waals surface area contributed by atoms with Crippen LogP contribution < -0.4 is 20.7 Å². The van der Waals surface area contributed by atoms with Gasteiger partial charge in [-0.15, -0.1) is 11.3 Å². The number of nitrogens with one attached hydrogen (secondary N) is 1. The molecule has 14 heteroatoms. The summed E-state index contributed by atoms with van der Waals surface area (Å²) < 4.78 is 45.0. The van der Waals surface area contributed by atoms with Gasteiger partial charge in [-0.2, -0.15) is 15.2 Å². The van der Waals surface area contributed by atoms with Gasteiger partial charge in [-0.3, -0.25) is 4.98 Å². The molecule has 3 N–H and O–H groups in total. The van der Waals surface area contributed by atoms with Crippen LogP contribution in [0, 0.1) is 33.8 Å². The highest BCUT2D eigenvalue weighted by Gasteiger charge is 2.54.